The number of rotatable bonds is 5. The third kappa shape index (κ3) is 8.42. The molecule has 0 fully saturated rings. The Hall–Kier alpha value is -1.30. The van der Waals surface area contributed by atoms with E-state index >= 15 is 0 Å². The Labute approximate surface area is 114 Å². The Morgan fingerprint density at radius 2 is 1.74 bits per heavy atom. The van der Waals surface area contributed by atoms with Crippen molar-refractivity contribution >= 4 is 12.0 Å². The topological polar surface area (TPSA) is 87.7 Å². The zero-order chi connectivity index (χ0) is 15.2. The van der Waals surface area contributed by atoms with Crippen LogP contribution in [0.3, 0.4) is 0 Å². The zero-order valence-electron chi connectivity index (χ0n) is 12.6. The molecule has 0 aliphatic carbocycles. The number of aliphatic hydroxyl groups is 1. The van der Waals surface area contributed by atoms with Gasteiger partial charge < -0.3 is 20.5 Å². The average Bonchev–Trinajstić information content (AvgIpc) is 2.19. The molecule has 0 aromatic carbocycles. The predicted molar refractivity (Wildman–Crippen MR) is 72.7 cm³/mol. The molecule has 2 unspecified atom stereocenters. The molecule has 6 heteroatoms. The van der Waals surface area contributed by atoms with Gasteiger partial charge in [-0.1, -0.05) is 13.8 Å². The molecule has 0 saturated carbocycles. The fraction of sp³-hybridized carbons (Fsp3) is 0.846. The van der Waals surface area contributed by atoms with Crippen LogP contribution in [0.15, 0.2) is 0 Å². The van der Waals surface area contributed by atoms with Crippen molar-refractivity contribution in [2.45, 2.75) is 59.3 Å². The quantitative estimate of drug-likeness (QED) is 0.699. The number of carbonyl (C=O) groups is 2. The predicted octanol–water partition coefficient (Wildman–Crippen LogP) is 1.03. The number of alkyl carbamates (subject to hydrolysis) is 1. The summed E-state index contributed by atoms with van der Waals surface area (Å²) in [7, 11) is 0. The van der Waals surface area contributed by atoms with Gasteiger partial charge in [0.05, 0.1) is 6.10 Å². The first-order valence-electron chi connectivity index (χ1n) is 6.48. The van der Waals surface area contributed by atoms with Crippen LogP contribution < -0.4 is 10.6 Å². The average molecular weight is 274 g/mol. The summed E-state index contributed by atoms with van der Waals surface area (Å²) >= 11 is 0. The highest BCUT2D eigenvalue weighted by Crippen LogP contribution is 2.07. The van der Waals surface area contributed by atoms with Crippen LogP contribution in [-0.2, 0) is 9.53 Å². The molecule has 0 rings (SSSR count). The third-order valence-electron chi connectivity index (χ3n) is 2.12. The Morgan fingerprint density at radius 1 is 1.21 bits per heavy atom. The van der Waals surface area contributed by atoms with Crippen LogP contribution in [0.2, 0.25) is 0 Å². The minimum Gasteiger partial charge on any atom is -0.444 e. The summed E-state index contributed by atoms with van der Waals surface area (Å²) in [5.41, 5.74) is -0.651. The Kier molecular flexibility index (Phi) is 6.83. The fourth-order valence-corrected chi connectivity index (χ4v) is 1.25. The maximum absolute atomic E-state index is 11.8. The van der Waals surface area contributed by atoms with E-state index in [1.807, 2.05) is 13.8 Å². The minimum atomic E-state index is -1.02. The Balaban J connectivity index is 4.49. The number of hydrogen-bond donors (Lipinski definition) is 3. The lowest BCUT2D eigenvalue weighted by molar-refractivity contribution is -0.125. The van der Waals surface area contributed by atoms with Crippen LogP contribution in [-0.4, -0.2) is 41.4 Å². The largest absolute Gasteiger partial charge is 0.444 e. The van der Waals surface area contributed by atoms with Crippen molar-refractivity contribution in [1.29, 1.82) is 0 Å². The Morgan fingerprint density at radius 3 is 2.11 bits per heavy atom. The maximum Gasteiger partial charge on any atom is 0.408 e. The molecule has 2 amide bonds. The first kappa shape index (κ1) is 17.7. The SMILES string of the molecule is CC(C)CNC(=O)C(NC(=O)OC(C)(C)C)C(C)O. The van der Waals surface area contributed by atoms with Crippen LogP contribution >= 0.6 is 0 Å². The van der Waals surface area contributed by atoms with E-state index in [9.17, 15) is 14.7 Å². The van der Waals surface area contributed by atoms with Gasteiger partial charge in [-0.25, -0.2) is 4.79 Å². The van der Waals surface area contributed by atoms with Crippen LogP contribution in [0, 0.1) is 5.92 Å². The molecule has 0 aliphatic rings. The van der Waals surface area contributed by atoms with E-state index in [0.29, 0.717) is 12.5 Å². The normalized spacial score (nSPS) is 14.7. The number of hydrogen-bond acceptors (Lipinski definition) is 4. The van der Waals surface area contributed by atoms with Crippen molar-refractivity contribution < 1.29 is 19.4 Å². The summed E-state index contributed by atoms with van der Waals surface area (Å²) in [5, 5.41) is 14.6. The molecule has 0 aromatic rings. The second-order valence-electron chi connectivity index (χ2n) is 6.00. The molecule has 0 radical (unpaired) electrons. The second-order valence-corrected chi connectivity index (χ2v) is 6.00. The van der Waals surface area contributed by atoms with Crippen molar-refractivity contribution in [3.05, 3.63) is 0 Å². The fourth-order valence-electron chi connectivity index (χ4n) is 1.25. The minimum absolute atomic E-state index is 0.292. The van der Waals surface area contributed by atoms with E-state index in [1.54, 1.807) is 20.8 Å². The molecular formula is C13H26N2O4. The van der Waals surface area contributed by atoms with Gasteiger partial charge in [-0.05, 0) is 33.6 Å². The number of carbonyl (C=O) groups excluding carboxylic acids is 2. The molecule has 19 heavy (non-hydrogen) atoms. The standard InChI is InChI=1S/C13H26N2O4/c1-8(2)7-14-11(17)10(9(3)16)15-12(18)19-13(4,5)6/h8-10,16H,7H2,1-6H3,(H,14,17)(H,15,18). The summed E-state index contributed by atoms with van der Waals surface area (Å²) in [6, 6.07) is -1.02. The molecule has 0 aromatic heterocycles. The number of nitrogens with one attached hydrogen (secondary N) is 2. The van der Waals surface area contributed by atoms with Crippen LogP contribution in [0.1, 0.15) is 41.5 Å². The van der Waals surface area contributed by atoms with Crippen molar-refractivity contribution in [2.24, 2.45) is 5.92 Å². The third-order valence-corrected chi connectivity index (χ3v) is 2.12. The van der Waals surface area contributed by atoms with Crippen molar-refractivity contribution in [1.82, 2.24) is 10.6 Å². The molecule has 2 atom stereocenters. The first-order chi connectivity index (χ1) is 8.53. The van der Waals surface area contributed by atoms with Gasteiger partial charge in [0, 0.05) is 6.54 Å². The molecule has 0 bridgehead atoms. The van der Waals surface area contributed by atoms with E-state index in [0.717, 1.165) is 0 Å². The summed E-state index contributed by atoms with van der Waals surface area (Å²) in [5.74, 6) is -0.130. The molecule has 0 saturated heterocycles. The monoisotopic (exact) mass is 274 g/mol. The molecule has 0 spiro atoms. The number of amides is 2. The molecular weight excluding hydrogens is 248 g/mol. The molecule has 0 heterocycles. The number of ether oxygens (including phenoxy) is 1. The highest BCUT2D eigenvalue weighted by molar-refractivity contribution is 5.86. The first-order valence-corrected chi connectivity index (χ1v) is 6.48. The molecule has 112 valence electrons. The van der Waals surface area contributed by atoms with Crippen LogP contribution in [0.25, 0.3) is 0 Å². The summed E-state index contributed by atoms with van der Waals surface area (Å²) in [6.45, 7) is 11.0. The van der Waals surface area contributed by atoms with E-state index in [4.69, 9.17) is 4.74 Å². The molecule has 6 nitrogen and oxygen atoms in total. The van der Waals surface area contributed by atoms with Crippen LogP contribution in [0.4, 0.5) is 4.79 Å². The second kappa shape index (κ2) is 7.33. The summed E-state index contributed by atoms with van der Waals surface area (Å²) in [4.78, 5) is 23.4. The highest BCUT2D eigenvalue weighted by Gasteiger charge is 2.27. The van der Waals surface area contributed by atoms with Crippen molar-refractivity contribution in [2.75, 3.05) is 6.54 Å². The lowest BCUT2D eigenvalue weighted by Crippen LogP contribution is -2.53. The van der Waals surface area contributed by atoms with Gasteiger partial charge in [-0.15, -0.1) is 0 Å². The van der Waals surface area contributed by atoms with Gasteiger partial charge in [0.1, 0.15) is 11.6 Å². The summed E-state index contributed by atoms with van der Waals surface area (Å²) < 4.78 is 5.05. The van der Waals surface area contributed by atoms with Crippen molar-refractivity contribution in [3.63, 3.8) is 0 Å². The molecule has 0 aliphatic heterocycles. The molecule has 3 N–H and O–H groups in total. The van der Waals surface area contributed by atoms with E-state index in [2.05, 4.69) is 10.6 Å². The van der Waals surface area contributed by atoms with Gasteiger partial charge in [0.2, 0.25) is 5.91 Å². The van der Waals surface area contributed by atoms with Gasteiger partial charge in [0.25, 0.3) is 0 Å². The maximum atomic E-state index is 11.8. The van der Waals surface area contributed by atoms with Gasteiger partial charge in [-0.2, -0.15) is 0 Å². The van der Waals surface area contributed by atoms with Gasteiger partial charge in [-0.3, -0.25) is 4.79 Å². The number of aliphatic hydroxyl groups excluding tert-OH is 1. The zero-order valence-corrected chi connectivity index (χ0v) is 12.6. The van der Waals surface area contributed by atoms with Crippen molar-refractivity contribution in [3.8, 4) is 0 Å². The van der Waals surface area contributed by atoms with Gasteiger partial charge >= 0.3 is 6.09 Å². The lowest BCUT2D eigenvalue weighted by atomic mass is 10.1. The van der Waals surface area contributed by atoms with E-state index in [1.165, 1.54) is 6.92 Å². The lowest BCUT2D eigenvalue weighted by Gasteiger charge is -2.24. The highest BCUT2D eigenvalue weighted by atomic mass is 16.6. The van der Waals surface area contributed by atoms with E-state index in [-0.39, 0.29) is 0 Å². The van der Waals surface area contributed by atoms with Crippen LogP contribution in [0.5, 0.6) is 0 Å². The van der Waals surface area contributed by atoms with E-state index < -0.39 is 29.7 Å². The summed E-state index contributed by atoms with van der Waals surface area (Å²) in [6.07, 6.45) is -1.72. The van der Waals surface area contributed by atoms with Gasteiger partial charge in [0.15, 0.2) is 0 Å². The Bertz CT molecular complexity index is 308. The smallest absolute Gasteiger partial charge is 0.408 e.